The summed E-state index contributed by atoms with van der Waals surface area (Å²) in [5, 5.41) is 18.6. The SMILES string of the molecule is CCCC(O)C(C#N)c1ccccc1F. The van der Waals surface area contributed by atoms with E-state index in [9.17, 15) is 9.50 Å². The van der Waals surface area contributed by atoms with Crippen molar-refractivity contribution in [3.63, 3.8) is 0 Å². The summed E-state index contributed by atoms with van der Waals surface area (Å²) in [4.78, 5) is 0. The molecule has 2 unspecified atom stereocenters. The first-order valence-corrected chi connectivity index (χ1v) is 5.02. The minimum absolute atomic E-state index is 0.279. The van der Waals surface area contributed by atoms with Gasteiger partial charge < -0.3 is 5.11 Å². The minimum Gasteiger partial charge on any atom is -0.391 e. The summed E-state index contributed by atoms with van der Waals surface area (Å²) >= 11 is 0. The molecule has 0 spiro atoms. The molecule has 2 atom stereocenters. The molecular formula is C12H14FNO. The van der Waals surface area contributed by atoms with Crippen LogP contribution in [0.2, 0.25) is 0 Å². The van der Waals surface area contributed by atoms with E-state index in [2.05, 4.69) is 0 Å². The topological polar surface area (TPSA) is 44.0 Å². The molecule has 0 radical (unpaired) electrons. The molecule has 0 fully saturated rings. The summed E-state index contributed by atoms with van der Waals surface area (Å²) in [5.74, 6) is -1.20. The normalized spacial score (nSPS) is 14.3. The van der Waals surface area contributed by atoms with Crippen molar-refractivity contribution in [1.29, 1.82) is 5.26 Å². The predicted octanol–water partition coefficient (Wildman–Crippen LogP) is 2.59. The molecule has 0 heterocycles. The highest BCUT2D eigenvalue weighted by Crippen LogP contribution is 2.24. The van der Waals surface area contributed by atoms with Gasteiger partial charge in [-0.25, -0.2) is 4.39 Å². The van der Waals surface area contributed by atoms with E-state index in [0.29, 0.717) is 6.42 Å². The number of hydrogen-bond acceptors (Lipinski definition) is 2. The van der Waals surface area contributed by atoms with Crippen LogP contribution in [0.25, 0.3) is 0 Å². The summed E-state index contributed by atoms with van der Waals surface area (Å²) in [7, 11) is 0. The third-order valence-electron chi connectivity index (χ3n) is 2.35. The Labute approximate surface area is 89.0 Å². The monoisotopic (exact) mass is 207 g/mol. The second-order valence-corrected chi connectivity index (χ2v) is 3.48. The molecule has 0 aromatic heterocycles. The molecule has 2 nitrogen and oxygen atoms in total. The molecule has 0 aliphatic heterocycles. The minimum atomic E-state index is -0.795. The van der Waals surface area contributed by atoms with Gasteiger partial charge in [-0.05, 0) is 12.5 Å². The number of halogens is 1. The third-order valence-corrected chi connectivity index (χ3v) is 2.35. The van der Waals surface area contributed by atoms with Crippen LogP contribution in [0.1, 0.15) is 31.2 Å². The fourth-order valence-corrected chi connectivity index (χ4v) is 1.55. The van der Waals surface area contributed by atoms with Gasteiger partial charge in [0.2, 0.25) is 0 Å². The van der Waals surface area contributed by atoms with Gasteiger partial charge in [-0.3, -0.25) is 0 Å². The molecule has 15 heavy (non-hydrogen) atoms. The fraction of sp³-hybridized carbons (Fsp3) is 0.417. The van der Waals surface area contributed by atoms with Gasteiger partial charge >= 0.3 is 0 Å². The summed E-state index contributed by atoms with van der Waals surface area (Å²) in [6.45, 7) is 1.92. The standard InChI is InChI=1S/C12H14FNO/c1-2-5-12(15)10(8-14)9-6-3-4-7-11(9)13/h3-4,6-7,10,12,15H,2,5H2,1H3. The second kappa shape index (κ2) is 5.47. The van der Waals surface area contributed by atoms with Crippen LogP contribution in [0.15, 0.2) is 24.3 Å². The molecule has 1 rings (SSSR count). The molecule has 80 valence electrons. The van der Waals surface area contributed by atoms with E-state index in [-0.39, 0.29) is 5.56 Å². The van der Waals surface area contributed by atoms with E-state index in [1.807, 2.05) is 13.0 Å². The molecule has 1 aromatic carbocycles. The molecule has 0 aliphatic rings. The zero-order valence-corrected chi connectivity index (χ0v) is 8.65. The van der Waals surface area contributed by atoms with Crippen LogP contribution in [0, 0.1) is 17.1 Å². The molecule has 1 aromatic rings. The van der Waals surface area contributed by atoms with Crippen molar-refractivity contribution in [1.82, 2.24) is 0 Å². The van der Waals surface area contributed by atoms with Crippen molar-refractivity contribution >= 4 is 0 Å². The molecule has 0 amide bonds. The Morgan fingerprint density at radius 1 is 1.47 bits per heavy atom. The van der Waals surface area contributed by atoms with Crippen LogP contribution >= 0.6 is 0 Å². The first-order valence-electron chi connectivity index (χ1n) is 5.02. The van der Waals surface area contributed by atoms with Crippen LogP contribution in [0.5, 0.6) is 0 Å². The maximum atomic E-state index is 13.4. The van der Waals surface area contributed by atoms with Crippen LogP contribution in [-0.2, 0) is 0 Å². The number of aliphatic hydroxyl groups is 1. The van der Waals surface area contributed by atoms with E-state index in [0.717, 1.165) is 6.42 Å². The van der Waals surface area contributed by atoms with E-state index >= 15 is 0 Å². The quantitative estimate of drug-likeness (QED) is 0.824. The fourth-order valence-electron chi connectivity index (χ4n) is 1.55. The van der Waals surface area contributed by atoms with Crippen LogP contribution in [0.3, 0.4) is 0 Å². The van der Waals surface area contributed by atoms with Gasteiger partial charge in [-0.15, -0.1) is 0 Å². The molecule has 0 aliphatic carbocycles. The first-order chi connectivity index (χ1) is 7.20. The smallest absolute Gasteiger partial charge is 0.127 e. The van der Waals surface area contributed by atoms with Crippen LogP contribution in [-0.4, -0.2) is 11.2 Å². The van der Waals surface area contributed by atoms with Gasteiger partial charge in [-0.2, -0.15) is 5.26 Å². The Balaban J connectivity index is 2.94. The Bertz CT molecular complexity index is 359. The van der Waals surface area contributed by atoms with Crippen molar-refractivity contribution in [2.24, 2.45) is 0 Å². The van der Waals surface area contributed by atoms with Crippen molar-refractivity contribution in [3.8, 4) is 6.07 Å². The van der Waals surface area contributed by atoms with E-state index in [4.69, 9.17) is 5.26 Å². The Kier molecular flexibility index (Phi) is 4.26. The summed E-state index contributed by atoms with van der Waals surface area (Å²) in [5.41, 5.74) is 0.279. The lowest BCUT2D eigenvalue weighted by atomic mass is 9.92. The predicted molar refractivity (Wildman–Crippen MR) is 55.7 cm³/mol. The van der Waals surface area contributed by atoms with E-state index in [1.165, 1.54) is 6.07 Å². The van der Waals surface area contributed by atoms with Gasteiger partial charge in [0.1, 0.15) is 5.82 Å². The molecule has 1 N–H and O–H groups in total. The van der Waals surface area contributed by atoms with Gasteiger partial charge in [0, 0.05) is 5.56 Å². The Morgan fingerprint density at radius 2 is 2.13 bits per heavy atom. The molecule has 0 saturated carbocycles. The number of hydrogen-bond donors (Lipinski definition) is 1. The summed E-state index contributed by atoms with van der Waals surface area (Å²) < 4.78 is 13.4. The van der Waals surface area contributed by atoms with E-state index < -0.39 is 17.8 Å². The average Bonchev–Trinajstić information content (AvgIpc) is 2.22. The lowest BCUT2D eigenvalue weighted by Gasteiger charge is -2.16. The van der Waals surface area contributed by atoms with Crippen LogP contribution in [0.4, 0.5) is 4.39 Å². The van der Waals surface area contributed by atoms with Gasteiger partial charge in [0.05, 0.1) is 18.1 Å². The highest BCUT2D eigenvalue weighted by molar-refractivity contribution is 5.27. The summed E-state index contributed by atoms with van der Waals surface area (Å²) in [6, 6.07) is 8.04. The first kappa shape index (κ1) is 11.7. The number of benzene rings is 1. The van der Waals surface area contributed by atoms with Crippen molar-refractivity contribution in [2.75, 3.05) is 0 Å². The number of rotatable bonds is 4. The maximum Gasteiger partial charge on any atom is 0.127 e. The number of aliphatic hydroxyl groups excluding tert-OH is 1. The lowest BCUT2D eigenvalue weighted by molar-refractivity contribution is 0.149. The Morgan fingerprint density at radius 3 is 2.67 bits per heavy atom. The summed E-state index contributed by atoms with van der Waals surface area (Å²) in [6.07, 6.45) is 0.484. The Hall–Kier alpha value is -1.40. The largest absolute Gasteiger partial charge is 0.391 e. The number of nitriles is 1. The van der Waals surface area contributed by atoms with E-state index in [1.54, 1.807) is 18.2 Å². The maximum absolute atomic E-state index is 13.4. The highest BCUT2D eigenvalue weighted by Gasteiger charge is 2.22. The highest BCUT2D eigenvalue weighted by atomic mass is 19.1. The molecule has 3 heteroatoms. The molecule has 0 saturated heterocycles. The zero-order chi connectivity index (χ0) is 11.3. The van der Waals surface area contributed by atoms with Gasteiger partial charge in [-0.1, -0.05) is 31.5 Å². The van der Waals surface area contributed by atoms with Gasteiger partial charge in [0.15, 0.2) is 0 Å². The molecule has 0 bridgehead atoms. The zero-order valence-electron chi connectivity index (χ0n) is 8.65. The lowest BCUT2D eigenvalue weighted by Crippen LogP contribution is -2.17. The number of nitrogens with zero attached hydrogens (tertiary/aromatic N) is 1. The third kappa shape index (κ3) is 2.77. The van der Waals surface area contributed by atoms with Gasteiger partial charge in [0.25, 0.3) is 0 Å². The van der Waals surface area contributed by atoms with Crippen molar-refractivity contribution < 1.29 is 9.50 Å². The second-order valence-electron chi connectivity index (χ2n) is 3.48. The molecular weight excluding hydrogens is 193 g/mol. The average molecular weight is 207 g/mol. The van der Waals surface area contributed by atoms with Crippen molar-refractivity contribution in [2.45, 2.75) is 31.8 Å². The van der Waals surface area contributed by atoms with Crippen LogP contribution < -0.4 is 0 Å². The van der Waals surface area contributed by atoms with Crippen molar-refractivity contribution in [3.05, 3.63) is 35.6 Å².